The summed E-state index contributed by atoms with van der Waals surface area (Å²) in [5.41, 5.74) is 7.17. The number of benzene rings is 1. The molecular formula is C15H25NO2. The lowest BCUT2D eigenvalue weighted by atomic mass is 9.80. The smallest absolute Gasteiger partial charge is 0.124 e. The summed E-state index contributed by atoms with van der Waals surface area (Å²) in [5, 5.41) is 0. The van der Waals surface area contributed by atoms with Gasteiger partial charge in [0.25, 0.3) is 0 Å². The van der Waals surface area contributed by atoms with Crippen molar-refractivity contribution in [3.05, 3.63) is 29.8 Å². The predicted octanol–water partition coefficient (Wildman–Crippen LogP) is 2.93. The summed E-state index contributed by atoms with van der Waals surface area (Å²) in [6.45, 7) is 7.53. The highest BCUT2D eigenvalue weighted by molar-refractivity contribution is 5.39. The van der Waals surface area contributed by atoms with Gasteiger partial charge in [-0.05, 0) is 18.9 Å². The van der Waals surface area contributed by atoms with Gasteiger partial charge in [-0.25, -0.2) is 0 Å². The van der Waals surface area contributed by atoms with Crippen molar-refractivity contribution >= 4 is 0 Å². The lowest BCUT2D eigenvalue weighted by Gasteiger charge is -2.33. The van der Waals surface area contributed by atoms with Crippen LogP contribution < -0.4 is 10.5 Å². The molecule has 2 N–H and O–H groups in total. The number of hydrogen-bond acceptors (Lipinski definition) is 3. The van der Waals surface area contributed by atoms with Gasteiger partial charge in [0.1, 0.15) is 12.4 Å². The van der Waals surface area contributed by atoms with E-state index in [-0.39, 0.29) is 5.54 Å². The van der Waals surface area contributed by atoms with Crippen molar-refractivity contribution in [2.24, 2.45) is 11.7 Å². The summed E-state index contributed by atoms with van der Waals surface area (Å²) in [6.07, 6.45) is 1.04. The molecule has 0 heterocycles. The molecule has 102 valence electrons. The van der Waals surface area contributed by atoms with E-state index in [1.807, 2.05) is 24.3 Å². The third-order valence-electron chi connectivity index (χ3n) is 3.65. The number of hydrogen-bond donors (Lipinski definition) is 1. The maximum Gasteiger partial charge on any atom is 0.124 e. The number of nitrogens with two attached hydrogens (primary N) is 1. The minimum atomic E-state index is -0.377. The Hall–Kier alpha value is -1.06. The zero-order chi connectivity index (χ0) is 13.6. The van der Waals surface area contributed by atoms with Gasteiger partial charge in [-0.2, -0.15) is 0 Å². The van der Waals surface area contributed by atoms with E-state index in [4.69, 9.17) is 15.2 Å². The van der Waals surface area contributed by atoms with Gasteiger partial charge in [-0.15, -0.1) is 0 Å². The van der Waals surface area contributed by atoms with Crippen LogP contribution in [0.15, 0.2) is 24.3 Å². The largest absolute Gasteiger partial charge is 0.491 e. The molecule has 2 unspecified atom stereocenters. The molecule has 0 radical (unpaired) electrons. The Balaban J connectivity index is 2.93. The molecule has 0 bridgehead atoms. The standard InChI is InChI=1S/C15H25NO2/c1-5-12(2)15(3,16)13-8-6-7-9-14(13)18-11-10-17-4/h6-9,12H,5,10-11,16H2,1-4H3. The zero-order valence-electron chi connectivity index (χ0n) is 11.9. The minimum Gasteiger partial charge on any atom is -0.491 e. The van der Waals surface area contributed by atoms with E-state index in [0.29, 0.717) is 19.1 Å². The normalized spacial score (nSPS) is 16.1. The summed E-state index contributed by atoms with van der Waals surface area (Å²) in [7, 11) is 1.67. The topological polar surface area (TPSA) is 44.5 Å². The highest BCUT2D eigenvalue weighted by Crippen LogP contribution is 2.34. The third-order valence-corrected chi connectivity index (χ3v) is 3.65. The minimum absolute atomic E-state index is 0.377. The quantitative estimate of drug-likeness (QED) is 0.758. The van der Waals surface area contributed by atoms with Crippen LogP contribution in [0.25, 0.3) is 0 Å². The van der Waals surface area contributed by atoms with Crippen molar-refractivity contribution in [1.82, 2.24) is 0 Å². The average Bonchev–Trinajstić information content (AvgIpc) is 2.38. The highest BCUT2D eigenvalue weighted by Gasteiger charge is 2.30. The molecule has 1 rings (SSSR count). The van der Waals surface area contributed by atoms with Crippen molar-refractivity contribution < 1.29 is 9.47 Å². The highest BCUT2D eigenvalue weighted by atomic mass is 16.5. The van der Waals surface area contributed by atoms with Crippen LogP contribution in [0.3, 0.4) is 0 Å². The molecule has 2 atom stereocenters. The Bertz CT molecular complexity index is 363. The van der Waals surface area contributed by atoms with Crippen molar-refractivity contribution in [3.63, 3.8) is 0 Å². The Labute approximate surface area is 110 Å². The van der Waals surface area contributed by atoms with Crippen LogP contribution in [-0.2, 0) is 10.3 Å². The van der Waals surface area contributed by atoms with Crippen molar-refractivity contribution in [3.8, 4) is 5.75 Å². The second-order valence-electron chi connectivity index (χ2n) is 4.93. The molecule has 18 heavy (non-hydrogen) atoms. The summed E-state index contributed by atoms with van der Waals surface area (Å²) >= 11 is 0. The van der Waals surface area contributed by atoms with Gasteiger partial charge in [0.05, 0.1) is 6.61 Å². The van der Waals surface area contributed by atoms with E-state index in [1.54, 1.807) is 7.11 Å². The van der Waals surface area contributed by atoms with Crippen molar-refractivity contribution in [2.75, 3.05) is 20.3 Å². The van der Waals surface area contributed by atoms with E-state index < -0.39 is 0 Å². The molecule has 3 heteroatoms. The molecule has 3 nitrogen and oxygen atoms in total. The molecule has 0 fully saturated rings. The average molecular weight is 251 g/mol. The van der Waals surface area contributed by atoms with Crippen LogP contribution in [0.2, 0.25) is 0 Å². The molecule has 1 aromatic rings. The van der Waals surface area contributed by atoms with Crippen LogP contribution in [0.1, 0.15) is 32.8 Å². The van der Waals surface area contributed by atoms with E-state index >= 15 is 0 Å². The summed E-state index contributed by atoms with van der Waals surface area (Å²) < 4.78 is 10.8. The first-order valence-corrected chi connectivity index (χ1v) is 6.54. The molecular weight excluding hydrogens is 226 g/mol. The first kappa shape index (κ1) is 15.0. The van der Waals surface area contributed by atoms with E-state index in [2.05, 4.69) is 20.8 Å². The maximum atomic E-state index is 6.49. The third kappa shape index (κ3) is 3.47. The van der Waals surface area contributed by atoms with Gasteiger partial charge in [-0.3, -0.25) is 0 Å². The first-order valence-electron chi connectivity index (χ1n) is 6.54. The fraction of sp³-hybridized carbons (Fsp3) is 0.600. The van der Waals surface area contributed by atoms with Crippen LogP contribution in [0, 0.1) is 5.92 Å². The Morgan fingerprint density at radius 2 is 1.94 bits per heavy atom. The number of methoxy groups -OCH3 is 1. The molecule has 0 saturated carbocycles. The second kappa shape index (κ2) is 6.76. The maximum absolute atomic E-state index is 6.49. The molecule has 0 aliphatic rings. The molecule has 1 aromatic carbocycles. The first-order chi connectivity index (χ1) is 8.54. The number of ether oxygens (including phenoxy) is 2. The molecule has 0 aromatic heterocycles. The fourth-order valence-corrected chi connectivity index (χ4v) is 1.96. The summed E-state index contributed by atoms with van der Waals surface area (Å²) in [4.78, 5) is 0. The van der Waals surface area contributed by atoms with Crippen LogP contribution in [0.4, 0.5) is 0 Å². The Morgan fingerprint density at radius 3 is 2.56 bits per heavy atom. The van der Waals surface area contributed by atoms with E-state index in [0.717, 1.165) is 17.7 Å². The van der Waals surface area contributed by atoms with E-state index in [9.17, 15) is 0 Å². The summed E-state index contributed by atoms with van der Waals surface area (Å²) in [5.74, 6) is 1.25. The zero-order valence-corrected chi connectivity index (χ0v) is 11.9. The Kier molecular flexibility index (Phi) is 5.63. The number of para-hydroxylation sites is 1. The van der Waals surface area contributed by atoms with Gasteiger partial charge in [-0.1, -0.05) is 38.5 Å². The fourth-order valence-electron chi connectivity index (χ4n) is 1.96. The molecule has 0 spiro atoms. The van der Waals surface area contributed by atoms with Gasteiger partial charge in [0.15, 0.2) is 0 Å². The lowest BCUT2D eigenvalue weighted by Crippen LogP contribution is -2.40. The van der Waals surface area contributed by atoms with Gasteiger partial charge >= 0.3 is 0 Å². The Morgan fingerprint density at radius 1 is 1.28 bits per heavy atom. The summed E-state index contributed by atoms with van der Waals surface area (Å²) in [6, 6.07) is 8.00. The van der Waals surface area contributed by atoms with Crippen molar-refractivity contribution in [1.29, 1.82) is 0 Å². The molecule has 0 aliphatic carbocycles. The van der Waals surface area contributed by atoms with E-state index in [1.165, 1.54) is 0 Å². The van der Waals surface area contributed by atoms with Crippen LogP contribution in [0.5, 0.6) is 5.75 Å². The van der Waals surface area contributed by atoms with Crippen LogP contribution >= 0.6 is 0 Å². The number of rotatable bonds is 7. The predicted molar refractivity (Wildman–Crippen MR) is 74.8 cm³/mol. The van der Waals surface area contributed by atoms with Crippen molar-refractivity contribution in [2.45, 2.75) is 32.7 Å². The van der Waals surface area contributed by atoms with Crippen LogP contribution in [-0.4, -0.2) is 20.3 Å². The molecule has 0 saturated heterocycles. The van der Waals surface area contributed by atoms with Gasteiger partial charge in [0, 0.05) is 18.2 Å². The van der Waals surface area contributed by atoms with Gasteiger partial charge in [0.2, 0.25) is 0 Å². The molecule has 0 aliphatic heterocycles. The SMILES string of the molecule is CCC(C)C(C)(N)c1ccccc1OCCOC. The van der Waals surface area contributed by atoms with Gasteiger partial charge < -0.3 is 15.2 Å². The molecule has 0 amide bonds. The second-order valence-corrected chi connectivity index (χ2v) is 4.93. The monoisotopic (exact) mass is 251 g/mol. The lowest BCUT2D eigenvalue weighted by molar-refractivity contribution is 0.144.